The number of nitrogens with one attached hydrogen (secondary N) is 2. The van der Waals surface area contributed by atoms with Crippen molar-refractivity contribution in [2.75, 3.05) is 37.8 Å². The van der Waals surface area contributed by atoms with E-state index in [2.05, 4.69) is 10.6 Å². The van der Waals surface area contributed by atoms with Gasteiger partial charge in [0.15, 0.2) is 0 Å². The van der Waals surface area contributed by atoms with Crippen LogP contribution in [-0.2, 0) is 9.59 Å². The van der Waals surface area contributed by atoms with Gasteiger partial charge < -0.3 is 21.3 Å². The van der Waals surface area contributed by atoms with Crippen LogP contribution in [0.25, 0.3) is 0 Å². The maximum atomic E-state index is 11.7. The molecule has 0 saturated heterocycles. The minimum Gasteiger partial charge on any atom is -0.330 e. The van der Waals surface area contributed by atoms with Crippen LogP contribution in [-0.4, -0.2) is 43.9 Å². The number of hydrogen-bond acceptors (Lipinski definition) is 4. The zero-order valence-corrected chi connectivity index (χ0v) is 12.8. The van der Waals surface area contributed by atoms with Crippen molar-refractivity contribution in [2.24, 2.45) is 11.7 Å². The van der Waals surface area contributed by atoms with Gasteiger partial charge in [0.25, 0.3) is 0 Å². The minimum atomic E-state index is -0.226. The van der Waals surface area contributed by atoms with Crippen LogP contribution in [0, 0.1) is 5.92 Å². The second-order valence-corrected chi connectivity index (χ2v) is 5.30. The fraction of sp³-hybridized carbons (Fsp3) is 0.467. The van der Waals surface area contributed by atoms with E-state index in [1.165, 1.54) is 0 Å². The summed E-state index contributed by atoms with van der Waals surface area (Å²) in [5.41, 5.74) is 6.84. The molecule has 0 aliphatic carbocycles. The summed E-state index contributed by atoms with van der Waals surface area (Å²) in [6.07, 6.45) is 0.444. The Balaban J connectivity index is 2.50. The number of amides is 2. The average molecular weight is 292 g/mol. The first-order chi connectivity index (χ1) is 9.92. The molecule has 0 heterocycles. The summed E-state index contributed by atoms with van der Waals surface area (Å²) in [5.74, 6) is -0.368. The molecule has 0 aliphatic heterocycles. The molecule has 2 amide bonds. The Hall–Kier alpha value is -1.92. The molecule has 4 N–H and O–H groups in total. The van der Waals surface area contributed by atoms with Crippen molar-refractivity contribution < 1.29 is 9.59 Å². The fourth-order valence-corrected chi connectivity index (χ4v) is 1.56. The first-order valence-corrected chi connectivity index (χ1v) is 6.98. The van der Waals surface area contributed by atoms with Gasteiger partial charge in [-0.05, 0) is 38.4 Å². The van der Waals surface area contributed by atoms with E-state index >= 15 is 0 Å². The molecule has 1 rings (SSSR count). The average Bonchev–Trinajstić information content (AvgIpc) is 2.46. The van der Waals surface area contributed by atoms with Gasteiger partial charge in [-0.25, -0.2) is 0 Å². The summed E-state index contributed by atoms with van der Waals surface area (Å²) in [5, 5.41) is 5.59. The topological polar surface area (TPSA) is 87.5 Å². The van der Waals surface area contributed by atoms with Crippen LogP contribution < -0.4 is 16.4 Å². The van der Waals surface area contributed by atoms with E-state index in [1.54, 1.807) is 31.2 Å². The molecule has 116 valence electrons. The molecule has 0 saturated carbocycles. The molecule has 0 fully saturated rings. The van der Waals surface area contributed by atoms with E-state index in [-0.39, 0.29) is 17.7 Å². The quantitative estimate of drug-likeness (QED) is 0.702. The van der Waals surface area contributed by atoms with Crippen molar-refractivity contribution in [1.82, 2.24) is 4.90 Å². The summed E-state index contributed by atoms with van der Waals surface area (Å²) in [7, 11) is 3.85. The van der Waals surface area contributed by atoms with Crippen LogP contribution in [0.4, 0.5) is 11.4 Å². The van der Waals surface area contributed by atoms with E-state index < -0.39 is 0 Å². The maximum Gasteiger partial charge on any atom is 0.228 e. The second kappa shape index (κ2) is 8.39. The second-order valence-electron chi connectivity index (χ2n) is 5.30. The van der Waals surface area contributed by atoms with E-state index in [1.807, 2.05) is 19.0 Å². The van der Waals surface area contributed by atoms with Gasteiger partial charge >= 0.3 is 0 Å². The Morgan fingerprint density at radius 1 is 1.14 bits per heavy atom. The molecule has 6 heteroatoms. The van der Waals surface area contributed by atoms with Crippen molar-refractivity contribution in [1.29, 1.82) is 0 Å². The highest BCUT2D eigenvalue weighted by Gasteiger charge is 2.10. The Kier molecular flexibility index (Phi) is 6.84. The Labute approximate surface area is 125 Å². The van der Waals surface area contributed by atoms with Gasteiger partial charge in [0.2, 0.25) is 11.8 Å². The number of carbonyl (C=O) groups is 2. The standard InChI is InChI=1S/C15H24N4O2/c1-11(10-16)15(21)18-13-6-4-12(5-7-13)17-14(20)8-9-19(2)3/h4-7,11H,8-10,16H2,1-3H3,(H,17,20)(H,18,21). The van der Waals surface area contributed by atoms with Crippen LogP contribution in [0.15, 0.2) is 24.3 Å². The zero-order chi connectivity index (χ0) is 15.8. The van der Waals surface area contributed by atoms with E-state index in [4.69, 9.17) is 5.73 Å². The van der Waals surface area contributed by atoms with E-state index in [9.17, 15) is 9.59 Å². The highest BCUT2D eigenvalue weighted by Crippen LogP contribution is 2.14. The maximum absolute atomic E-state index is 11.7. The SMILES string of the molecule is CC(CN)C(=O)Nc1ccc(NC(=O)CCN(C)C)cc1. The number of carbonyl (C=O) groups excluding carboxylic acids is 2. The monoisotopic (exact) mass is 292 g/mol. The minimum absolute atomic E-state index is 0.0303. The lowest BCUT2D eigenvalue weighted by Gasteiger charge is -2.11. The molecule has 0 spiro atoms. The van der Waals surface area contributed by atoms with Gasteiger partial charge in [-0.2, -0.15) is 0 Å². The van der Waals surface area contributed by atoms with Gasteiger partial charge in [-0.1, -0.05) is 6.92 Å². The lowest BCUT2D eigenvalue weighted by molar-refractivity contribution is -0.119. The molecule has 0 radical (unpaired) electrons. The third-order valence-corrected chi connectivity index (χ3v) is 3.02. The predicted octanol–water partition coefficient (Wildman–Crippen LogP) is 1.11. The van der Waals surface area contributed by atoms with Crippen molar-refractivity contribution in [2.45, 2.75) is 13.3 Å². The molecular formula is C15H24N4O2. The third kappa shape index (κ3) is 6.37. The summed E-state index contributed by atoms with van der Waals surface area (Å²) >= 11 is 0. The van der Waals surface area contributed by atoms with E-state index in [0.717, 1.165) is 0 Å². The normalized spacial score (nSPS) is 12.0. The number of hydrogen-bond donors (Lipinski definition) is 3. The Bertz CT molecular complexity index is 471. The number of rotatable bonds is 7. The highest BCUT2D eigenvalue weighted by molar-refractivity contribution is 5.93. The lowest BCUT2D eigenvalue weighted by atomic mass is 10.1. The van der Waals surface area contributed by atoms with Gasteiger partial charge in [0.1, 0.15) is 0 Å². The fourth-order valence-electron chi connectivity index (χ4n) is 1.56. The largest absolute Gasteiger partial charge is 0.330 e. The Morgan fingerprint density at radius 3 is 2.14 bits per heavy atom. The van der Waals surface area contributed by atoms with Crippen molar-refractivity contribution in [3.63, 3.8) is 0 Å². The molecule has 1 unspecified atom stereocenters. The van der Waals surface area contributed by atoms with Crippen molar-refractivity contribution >= 4 is 23.2 Å². The summed E-state index contributed by atoms with van der Waals surface area (Å²) in [6.45, 7) is 2.79. The van der Waals surface area contributed by atoms with E-state index in [0.29, 0.717) is 30.9 Å². The molecule has 1 atom stereocenters. The number of benzene rings is 1. The van der Waals surface area contributed by atoms with Crippen LogP contribution in [0.2, 0.25) is 0 Å². The number of nitrogens with zero attached hydrogens (tertiary/aromatic N) is 1. The Morgan fingerprint density at radius 2 is 1.67 bits per heavy atom. The number of anilines is 2. The molecule has 1 aromatic rings. The lowest BCUT2D eigenvalue weighted by Crippen LogP contribution is -2.26. The van der Waals surface area contributed by atoms with Crippen LogP contribution >= 0.6 is 0 Å². The molecule has 1 aromatic carbocycles. The molecule has 21 heavy (non-hydrogen) atoms. The van der Waals surface area contributed by atoms with Gasteiger partial charge in [0, 0.05) is 36.8 Å². The van der Waals surface area contributed by atoms with Gasteiger partial charge in [-0.3, -0.25) is 9.59 Å². The molecule has 6 nitrogen and oxygen atoms in total. The predicted molar refractivity (Wildman–Crippen MR) is 85.1 cm³/mol. The van der Waals surface area contributed by atoms with Crippen LogP contribution in [0.5, 0.6) is 0 Å². The van der Waals surface area contributed by atoms with Gasteiger partial charge in [-0.15, -0.1) is 0 Å². The highest BCUT2D eigenvalue weighted by atomic mass is 16.2. The molecule has 0 aromatic heterocycles. The summed E-state index contributed by atoms with van der Waals surface area (Å²) in [6, 6.07) is 7.03. The number of nitrogens with two attached hydrogens (primary N) is 1. The van der Waals surface area contributed by atoms with Crippen molar-refractivity contribution in [3.05, 3.63) is 24.3 Å². The molecule has 0 aliphatic rings. The first-order valence-electron chi connectivity index (χ1n) is 6.98. The van der Waals surface area contributed by atoms with Gasteiger partial charge in [0.05, 0.1) is 0 Å². The van der Waals surface area contributed by atoms with Crippen LogP contribution in [0.3, 0.4) is 0 Å². The molecule has 0 bridgehead atoms. The zero-order valence-electron chi connectivity index (χ0n) is 12.8. The molecular weight excluding hydrogens is 268 g/mol. The smallest absolute Gasteiger partial charge is 0.228 e. The van der Waals surface area contributed by atoms with Crippen LogP contribution in [0.1, 0.15) is 13.3 Å². The summed E-state index contributed by atoms with van der Waals surface area (Å²) < 4.78 is 0. The van der Waals surface area contributed by atoms with Crippen molar-refractivity contribution in [3.8, 4) is 0 Å². The first kappa shape index (κ1) is 17.1. The summed E-state index contributed by atoms with van der Waals surface area (Å²) in [4.78, 5) is 25.3. The third-order valence-electron chi connectivity index (χ3n) is 3.02.